The van der Waals surface area contributed by atoms with Gasteiger partial charge >= 0.3 is 0 Å². The van der Waals surface area contributed by atoms with Crippen LogP contribution in [0.5, 0.6) is 0 Å². The van der Waals surface area contributed by atoms with Gasteiger partial charge in [0.2, 0.25) is 5.91 Å². The molecule has 0 bridgehead atoms. The molecule has 0 aliphatic carbocycles. The van der Waals surface area contributed by atoms with E-state index in [0.29, 0.717) is 18.6 Å². The van der Waals surface area contributed by atoms with E-state index >= 15 is 0 Å². The number of carbonyl (C=O) groups excluding carboxylic acids is 2. The van der Waals surface area contributed by atoms with Crippen LogP contribution in [0.25, 0.3) is 0 Å². The number of methoxy groups -OCH3 is 1. The van der Waals surface area contributed by atoms with Crippen LogP contribution in [0.15, 0.2) is 6.20 Å². The lowest BCUT2D eigenvalue weighted by atomic mass is 9.90. The van der Waals surface area contributed by atoms with Crippen LogP contribution in [0.2, 0.25) is 0 Å². The highest BCUT2D eigenvalue weighted by atomic mass is 16.5. The molecule has 2 fully saturated rings. The minimum atomic E-state index is 0.0945. The van der Waals surface area contributed by atoms with Crippen molar-refractivity contribution in [2.75, 3.05) is 26.8 Å². The second-order valence-electron chi connectivity index (χ2n) is 7.94. The number of ether oxygens (including phenoxy) is 1. The molecule has 0 spiro atoms. The first-order valence-corrected chi connectivity index (χ1v) is 10.2. The predicted octanol–water partition coefficient (Wildman–Crippen LogP) is 2.56. The van der Waals surface area contributed by atoms with Gasteiger partial charge in [0, 0.05) is 38.2 Å². The number of hydrogen-bond acceptors (Lipinski definition) is 4. The summed E-state index contributed by atoms with van der Waals surface area (Å²) in [5.41, 5.74) is 1.65. The molecule has 3 rings (SSSR count). The lowest BCUT2D eigenvalue weighted by molar-refractivity contribution is -0.133. The number of hydrogen-bond donors (Lipinski definition) is 1. The first-order chi connectivity index (χ1) is 13.0. The Morgan fingerprint density at radius 3 is 2.48 bits per heavy atom. The van der Waals surface area contributed by atoms with Crippen LogP contribution in [-0.4, -0.2) is 70.7 Å². The van der Waals surface area contributed by atoms with Crippen molar-refractivity contribution < 1.29 is 14.3 Å². The fourth-order valence-corrected chi connectivity index (χ4v) is 4.50. The van der Waals surface area contributed by atoms with E-state index in [1.54, 1.807) is 13.3 Å². The molecule has 2 saturated heterocycles. The number of H-pyrrole nitrogens is 1. The molecule has 1 aromatic heterocycles. The van der Waals surface area contributed by atoms with E-state index in [0.717, 1.165) is 44.5 Å². The van der Waals surface area contributed by atoms with Gasteiger partial charge in [-0.3, -0.25) is 14.7 Å². The van der Waals surface area contributed by atoms with Gasteiger partial charge in [0.05, 0.1) is 30.5 Å². The van der Waals surface area contributed by atoms with Crippen LogP contribution in [0, 0.1) is 0 Å². The van der Waals surface area contributed by atoms with Crippen molar-refractivity contribution in [3.05, 3.63) is 17.5 Å². The molecule has 0 radical (unpaired) electrons. The van der Waals surface area contributed by atoms with Crippen molar-refractivity contribution in [2.24, 2.45) is 0 Å². The van der Waals surface area contributed by atoms with E-state index in [1.165, 1.54) is 6.42 Å². The summed E-state index contributed by atoms with van der Waals surface area (Å²) < 4.78 is 5.00. The third-order valence-electron chi connectivity index (χ3n) is 6.10. The summed E-state index contributed by atoms with van der Waals surface area (Å²) in [7, 11) is 1.61. The van der Waals surface area contributed by atoms with Gasteiger partial charge in [-0.15, -0.1) is 0 Å². The van der Waals surface area contributed by atoms with Crippen LogP contribution in [0.3, 0.4) is 0 Å². The molecule has 2 atom stereocenters. The molecule has 2 amide bonds. The Morgan fingerprint density at radius 1 is 1.19 bits per heavy atom. The molecule has 7 nitrogen and oxygen atoms in total. The van der Waals surface area contributed by atoms with Gasteiger partial charge in [0.25, 0.3) is 5.91 Å². The van der Waals surface area contributed by atoms with E-state index in [-0.39, 0.29) is 29.8 Å². The number of aromatic nitrogens is 2. The van der Waals surface area contributed by atoms with Crippen molar-refractivity contribution >= 4 is 11.8 Å². The average molecular weight is 377 g/mol. The maximum absolute atomic E-state index is 13.2. The van der Waals surface area contributed by atoms with Crippen molar-refractivity contribution in [3.8, 4) is 0 Å². The van der Waals surface area contributed by atoms with Crippen molar-refractivity contribution in [1.82, 2.24) is 20.0 Å². The van der Waals surface area contributed by atoms with Gasteiger partial charge in [-0.1, -0.05) is 0 Å². The quantitative estimate of drug-likeness (QED) is 0.857. The molecule has 27 heavy (non-hydrogen) atoms. The summed E-state index contributed by atoms with van der Waals surface area (Å²) in [5, 5.41) is 7.27. The Balaban J connectivity index is 1.65. The van der Waals surface area contributed by atoms with Gasteiger partial charge < -0.3 is 14.5 Å². The van der Waals surface area contributed by atoms with Crippen LogP contribution in [0.1, 0.15) is 74.3 Å². The zero-order chi connectivity index (χ0) is 19.4. The van der Waals surface area contributed by atoms with E-state index in [9.17, 15) is 9.59 Å². The summed E-state index contributed by atoms with van der Waals surface area (Å²) in [6.45, 7) is 6.17. The topological polar surface area (TPSA) is 78.5 Å². The summed E-state index contributed by atoms with van der Waals surface area (Å²) in [4.78, 5) is 29.3. The van der Waals surface area contributed by atoms with Gasteiger partial charge in [0.15, 0.2) is 0 Å². The number of aromatic amines is 1. The molecule has 7 heteroatoms. The minimum Gasteiger partial charge on any atom is -0.384 e. The summed E-state index contributed by atoms with van der Waals surface area (Å²) in [6.07, 6.45) is 7.12. The number of amides is 2. The zero-order valence-corrected chi connectivity index (χ0v) is 16.7. The summed E-state index contributed by atoms with van der Waals surface area (Å²) >= 11 is 0. The normalized spacial score (nSPS) is 24.3. The van der Waals surface area contributed by atoms with Crippen LogP contribution in [0.4, 0.5) is 0 Å². The summed E-state index contributed by atoms with van der Waals surface area (Å²) in [6, 6.07) is 0.536. The summed E-state index contributed by atoms with van der Waals surface area (Å²) in [5.74, 6) is 0.484. The highest BCUT2D eigenvalue weighted by Gasteiger charge is 2.34. The van der Waals surface area contributed by atoms with E-state index < -0.39 is 0 Å². The molecule has 150 valence electrons. The second kappa shape index (κ2) is 8.87. The standard InChI is InChI=1S/C20H32N4O3/c1-14-5-4-6-15(2)24(14)20(26)17-13-21-22-19(17)16-7-10-23(11-8-16)18(25)9-12-27-3/h13-16H,4-12H2,1-3H3,(H,21,22)/t14-,15-/m0/s1. The number of rotatable bonds is 5. The van der Waals surface area contributed by atoms with Crippen molar-refractivity contribution in [3.63, 3.8) is 0 Å². The molecule has 2 aliphatic heterocycles. The molecule has 0 aromatic carbocycles. The molecule has 0 saturated carbocycles. The Morgan fingerprint density at radius 2 is 1.85 bits per heavy atom. The minimum absolute atomic E-state index is 0.0945. The van der Waals surface area contributed by atoms with Crippen molar-refractivity contribution in [2.45, 2.75) is 70.4 Å². The maximum atomic E-state index is 13.2. The Kier molecular flexibility index (Phi) is 6.52. The van der Waals surface area contributed by atoms with Gasteiger partial charge in [-0.05, 0) is 46.0 Å². The van der Waals surface area contributed by atoms with Crippen LogP contribution in [-0.2, 0) is 9.53 Å². The number of piperidine rings is 2. The molecule has 2 aliphatic rings. The predicted molar refractivity (Wildman–Crippen MR) is 103 cm³/mol. The first kappa shape index (κ1) is 19.9. The Bertz CT molecular complexity index is 641. The van der Waals surface area contributed by atoms with Gasteiger partial charge in [0.1, 0.15) is 0 Å². The molecule has 3 heterocycles. The van der Waals surface area contributed by atoms with Crippen molar-refractivity contribution in [1.29, 1.82) is 0 Å². The first-order valence-electron chi connectivity index (χ1n) is 10.2. The highest BCUT2D eigenvalue weighted by Crippen LogP contribution is 2.31. The SMILES string of the molecule is COCCC(=O)N1CCC(c2[nH]ncc2C(=O)N2[C@@H](C)CCC[C@@H]2C)CC1. The number of likely N-dealkylation sites (tertiary alicyclic amines) is 2. The zero-order valence-electron chi connectivity index (χ0n) is 16.7. The van der Waals surface area contributed by atoms with E-state index in [2.05, 4.69) is 24.0 Å². The average Bonchev–Trinajstić information content (AvgIpc) is 3.16. The smallest absolute Gasteiger partial charge is 0.257 e. The highest BCUT2D eigenvalue weighted by molar-refractivity contribution is 5.95. The Labute approximate surface area is 161 Å². The number of nitrogens with zero attached hydrogens (tertiary/aromatic N) is 3. The molecule has 0 unspecified atom stereocenters. The number of carbonyl (C=O) groups is 2. The molecular formula is C20H32N4O3. The van der Waals surface area contributed by atoms with Crippen LogP contribution >= 0.6 is 0 Å². The fraction of sp³-hybridized carbons (Fsp3) is 0.750. The maximum Gasteiger partial charge on any atom is 0.257 e. The van der Waals surface area contributed by atoms with E-state index in [4.69, 9.17) is 4.74 Å². The monoisotopic (exact) mass is 376 g/mol. The fourth-order valence-electron chi connectivity index (χ4n) is 4.50. The third-order valence-corrected chi connectivity index (χ3v) is 6.10. The van der Waals surface area contributed by atoms with Crippen LogP contribution < -0.4 is 0 Å². The molecular weight excluding hydrogens is 344 g/mol. The lowest BCUT2D eigenvalue weighted by Gasteiger charge is -2.39. The molecule has 1 aromatic rings. The number of nitrogens with one attached hydrogen (secondary N) is 1. The lowest BCUT2D eigenvalue weighted by Crippen LogP contribution is -2.47. The Hall–Kier alpha value is -1.89. The largest absolute Gasteiger partial charge is 0.384 e. The van der Waals surface area contributed by atoms with Gasteiger partial charge in [-0.2, -0.15) is 5.10 Å². The third kappa shape index (κ3) is 4.34. The van der Waals surface area contributed by atoms with E-state index in [1.807, 2.05) is 9.80 Å². The molecule has 1 N–H and O–H groups in total. The second-order valence-corrected chi connectivity index (χ2v) is 7.94. The van der Waals surface area contributed by atoms with Gasteiger partial charge in [-0.25, -0.2) is 0 Å².